The number of alkyl halides is 3. The van der Waals surface area contributed by atoms with E-state index in [0.29, 0.717) is 30.9 Å². The minimum atomic E-state index is -4.44. The molecule has 45 heavy (non-hydrogen) atoms. The van der Waals surface area contributed by atoms with E-state index in [2.05, 4.69) is 29.4 Å². The molecule has 1 aliphatic carbocycles. The van der Waals surface area contributed by atoms with Gasteiger partial charge in [-0.3, -0.25) is 19.4 Å². The first-order chi connectivity index (χ1) is 21.4. The molecule has 2 amide bonds. The van der Waals surface area contributed by atoms with Crippen LogP contribution in [0, 0.1) is 11.8 Å². The Morgan fingerprint density at radius 3 is 2.56 bits per heavy atom. The Bertz CT molecular complexity index is 1480. The number of anilines is 1. The zero-order chi connectivity index (χ0) is 33.0. The first-order valence-electron chi connectivity index (χ1n) is 14.9. The molecule has 3 unspecified atom stereocenters. The third-order valence-corrected chi connectivity index (χ3v) is 7.38. The number of likely N-dealkylation sites (tertiary alicyclic amines) is 1. The predicted octanol–water partition coefficient (Wildman–Crippen LogP) is 5.56. The number of carboxylic acids is 1. The number of aliphatic carboxylic acids is 1. The van der Waals surface area contributed by atoms with Crippen molar-refractivity contribution in [1.82, 2.24) is 9.88 Å². The van der Waals surface area contributed by atoms with Gasteiger partial charge in [0.05, 0.1) is 23.5 Å². The van der Waals surface area contributed by atoms with Crippen LogP contribution >= 0.6 is 0 Å². The normalized spacial score (nSPS) is 18.9. The van der Waals surface area contributed by atoms with E-state index >= 15 is 0 Å². The van der Waals surface area contributed by atoms with Crippen LogP contribution in [-0.2, 0) is 20.6 Å². The van der Waals surface area contributed by atoms with Crippen LogP contribution in [0.25, 0.3) is 11.1 Å². The van der Waals surface area contributed by atoms with E-state index in [1.165, 1.54) is 36.3 Å². The van der Waals surface area contributed by atoms with Gasteiger partial charge in [0.2, 0.25) is 11.8 Å². The van der Waals surface area contributed by atoms with Crippen molar-refractivity contribution in [2.24, 2.45) is 17.6 Å². The summed E-state index contributed by atoms with van der Waals surface area (Å²) in [4.78, 5) is 48.2. The standard InChI is InChI=1S/C14H16F3N3O2.C11H18O2.C7H5NO2/c15-14(16,17)9-3-1-4-10(7-9)19-8-12(21)20-6-2-5-11(20)13(18)22;1-2-3-4-5-6-7-9-8-10(9)11(12)13;9-7-8-5-3-1-2-4-6(5)10-7/h1,3-4,7,11,19H,2,5-6,8H2,(H2,18,22);6-7,9-10H,2-5,8H2,1H3,(H,12,13);1-4H,(H,8,9)/b;7-6-;. The molecule has 5 rings (SSSR count). The summed E-state index contributed by atoms with van der Waals surface area (Å²) >= 11 is 0. The van der Waals surface area contributed by atoms with Crippen LogP contribution in [0.15, 0.2) is 69.9 Å². The molecule has 3 aromatic rings. The Labute approximate surface area is 258 Å². The lowest BCUT2D eigenvalue weighted by atomic mass is 10.2. The molecular formula is C32H39F3N4O6. The maximum atomic E-state index is 12.6. The summed E-state index contributed by atoms with van der Waals surface area (Å²) in [7, 11) is 0. The lowest BCUT2D eigenvalue weighted by Gasteiger charge is -2.22. The number of allylic oxidation sites excluding steroid dienone is 2. The molecule has 5 N–H and O–H groups in total. The molecule has 0 radical (unpaired) electrons. The second-order valence-corrected chi connectivity index (χ2v) is 10.9. The Kier molecular flexibility index (Phi) is 12.8. The van der Waals surface area contributed by atoms with E-state index in [9.17, 15) is 32.3 Å². The number of nitrogens with zero attached hydrogens (tertiary/aromatic N) is 1. The number of benzene rings is 2. The quantitative estimate of drug-likeness (QED) is 0.168. The van der Waals surface area contributed by atoms with Gasteiger partial charge in [0.15, 0.2) is 5.58 Å². The van der Waals surface area contributed by atoms with Gasteiger partial charge < -0.3 is 25.5 Å². The molecule has 2 aliphatic rings. The zero-order valence-corrected chi connectivity index (χ0v) is 25.0. The molecule has 1 saturated heterocycles. The van der Waals surface area contributed by atoms with E-state index in [1.807, 2.05) is 12.1 Å². The molecule has 244 valence electrons. The predicted molar refractivity (Wildman–Crippen MR) is 163 cm³/mol. The van der Waals surface area contributed by atoms with Crippen LogP contribution in [0.4, 0.5) is 18.9 Å². The van der Waals surface area contributed by atoms with E-state index < -0.39 is 35.4 Å². The fourth-order valence-electron chi connectivity index (χ4n) is 4.83. The molecule has 2 aromatic carbocycles. The number of primary amides is 1. The number of hydrogen-bond acceptors (Lipinski definition) is 6. The fraction of sp³-hybridized carbons (Fsp3) is 0.438. The number of carbonyl (C=O) groups excluding carboxylic acids is 2. The number of hydrogen-bond donors (Lipinski definition) is 4. The van der Waals surface area contributed by atoms with Gasteiger partial charge in [0, 0.05) is 12.2 Å². The second kappa shape index (κ2) is 16.5. The topological polar surface area (TPSA) is 159 Å². The van der Waals surface area contributed by atoms with Gasteiger partial charge in [0.25, 0.3) is 0 Å². The molecule has 10 nitrogen and oxygen atoms in total. The number of halogens is 3. The van der Waals surface area contributed by atoms with Crippen molar-refractivity contribution in [2.75, 3.05) is 18.4 Å². The van der Waals surface area contributed by atoms with Gasteiger partial charge in [-0.1, -0.05) is 50.1 Å². The highest BCUT2D eigenvalue weighted by atomic mass is 19.4. The third kappa shape index (κ3) is 11.1. The third-order valence-electron chi connectivity index (χ3n) is 7.38. The minimum absolute atomic E-state index is 0.0811. The molecule has 1 aliphatic heterocycles. The average Bonchev–Trinajstić information content (AvgIpc) is 3.41. The number of aromatic nitrogens is 1. The number of aromatic amines is 1. The van der Waals surface area contributed by atoms with Crippen molar-refractivity contribution in [3.8, 4) is 0 Å². The minimum Gasteiger partial charge on any atom is -0.481 e. The smallest absolute Gasteiger partial charge is 0.417 e. The molecule has 1 aromatic heterocycles. The Hall–Kier alpha value is -4.55. The van der Waals surface area contributed by atoms with Crippen molar-refractivity contribution >= 4 is 34.6 Å². The van der Waals surface area contributed by atoms with Crippen molar-refractivity contribution < 1.29 is 37.1 Å². The van der Waals surface area contributed by atoms with Gasteiger partial charge in [-0.15, -0.1) is 0 Å². The van der Waals surface area contributed by atoms with Crippen molar-refractivity contribution in [3.63, 3.8) is 0 Å². The number of unbranched alkanes of at least 4 members (excludes halogenated alkanes) is 3. The summed E-state index contributed by atoms with van der Waals surface area (Å²) in [6.45, 7) is 2.42. The number of fused-ring (bicyclic) bond motifs is 1. The van der Waals surface area contributed by atoms with E-state index in [4.69, 9.17) is 15.3 Å². The molecule has 2 heterocycles. The van der Waals surface area contributed by atoms with Crippen molar-refractivity contribution in [1.29, 1.82) is 0 Å². The van der Waals surface area contributed by atoms with E-state index in [-0.39, 0.29) is 24.1 Å². The number of carboxylic acid groups (broad SMARTS) is 1. The molecular weight excluding hydrogens is 593 g/mol. The number of amides is 2. The number of rotatable bonds is 10. The largest absolute Gasteiger partial charge is 0.481 e. The summed E-state index contributed by atoms with van der Waals surface area (Å²) in [6.07, 6.45) is 6.69. The SMILES string of the molecule is CCCCC/C=C\C1CC1C(=O)O.NC(=O)C1CCCN1C(=O)CNc1cccc(C(F)(F)F)c1.O=c1[nH]c2ccccc2o1. The number of oxazole rings is 1. The lowest BCUT2D eigenvalue weighted by molar-refractivity contribution is -0.139. The summed E-state index contributed by atoms with van der Waals surface area (Å²) in [5, 5.41) is 11.3. The highest BCUT2D eigenvalue weighted by Crippen LogP contribution is 2.39. The highest BCUT2D eigenvalue weighted by molar-refractivity contribution is 5.89. The van der Waals surface area contributed by atoms with Gasteiger partial charge in [0.1, 0.15) is 6.04 Å². The molecule has 1 saturated carbocycles. The van der Waals surface area contributed by atoms with Crippen molar-refractivity contribution in [3.05, 3.63) is 76.8 Å². The highest BCUT2D eigenvalue weighted by Gasteiger charge is 2.41. The van der Waals surface area contributed by atoms with Crippen LogP contribution in [0.5, 0.6) is 0 Å². The number of para-hydroxylation sites is 2. The Balaban J connectivity index is 0.000000202. The molecule has 2 fully saturated rings. The summed E-state index contributed by atoms with van der Waals surface area (Å²) in [6, 6.07) is 11.2. The van der Waals surface area contributed by atoms with Crippen LogP contribution in [0.3, 0.4) is 0 Å². The van der Waals surface area contributed by atoms with Crippen LogP contribution in [-0.4, -0.2) is 51.9 Å². The van der Waals surface area contributed by atoms with Crippen molar-refractivity contribution in [2.45, 2.75) is 64.1 Å². The number of H-pyrrole nitrogens is 1. The molecule has 0 bridgehead atoms. The van der Waals surface area contributed by atoms with Crippen LogP contribution in [0.2, 0.25) is 0 Å². The average molecular weight is 633 g/mol. The van der Waals surface area contributed by atoms with Gasteiger partial charge in [-0.05, 0) is 68.4 Å². The monoisotopic (exact) mass is 632 g/mol. The summed E-state index contributed by atoms with van der Waals surface area (Å²) in [5.74, 6) is -1.71. The number of nitrogens with one attached hydrogen (secondary N) is 2. The van der Waals surface area contributed by atoms with Crippen LogP contribution in [0.1, 0.15) is 57.4 Å². The number of nitrogens with two attached hydrogens (primary N) is 1. The van der Waals surface area contributed by atoms with E-state index in [1.54, 1.807) is 12.1 Å². The Morgan fingerprint density at radius 2 is 1.91 bits per heavy atom. The maximum absolute atomic E-state index is 12.6. The fourth-order valence-corrected chi connectivity index (χ4v) is 4.83. The van der Waals surface area contributed by atoms with Gasteiger partial charge in [-0.2, -0.15) is 13.2 Å². The zero-order valence-electron chi connectivity index (χ0n) is 25.0. The van der Waals surface area contributed by atoms with Gasteiger partial charge in [-0.25, -0.2) is 4.79 Å². The van der Waals surface area contributed by atoms with Crippen LogP contribution < -0.4 is 16.8 Å². The van der Waals surface area contributed by atoms with E-state index in [0.717, 1.165) is 30.5 Å². The first-order valence-corrected chi connectivity index (χ1v) is 14.9. The molecule has 13 heteroatoms. The Morgan fingerprint density at radius 1 is 1.16 bits per heavy atom. The van der Waals surface area contributed by atoms with Gasteiger partial charge >= 0.3 is 17.9 Å². The lowest BCUT2D eigenvalue weighted by Crippen LogP contribution is -2.45. The molecule has 0 spiro atoms. The summed E-state index contributed by atoms with van der Waals surface area (Å²) < 4.78 is 42.6. The maximum Gasteiger partial charge on any atom is 0.417 e. The first kappa shape index (κ1) is 34.9. The molecule has 3 atom stereocenters. The summed E-state index contributed by atoms with van der Waals surface area (Å²) in [5.41, 5.74) is 5.97. The second-order valence-electron chi connectivity index (χ2n) is 10.9. The number of carbonyl (C=O) groups is 3.